The number of rotatable bonds is 11. The normalized spacial score (nSPS) is 19.1. The highest BCUT2D eigenvalue weighted by Crippen LogP contribution is 2.40. The minimum absolute atomic E-state index is 0.149. The summed E-state index contributed by atoms with van der Waals surface area (Å²) in [6.45, 7) is 17.5. The quantitative estimate of drug-likeness (QED) is 0.234. The Morgan fingerprint density at radius 3 is 2.24 bits per heavy atom. The summed E-state index contributed by atoms with van der Waals surface area (Å²) in [6.07, 6.45) is 15.3. The Morgan fingerprint density at radius 2 is 1.62 bits per heavy atom. The Kier molecular flexibility index (Phi) is 10.6. The van der Waals surface area contributed by atoms with E-state index >= 15 is 0 Å². The van der Waals surface area contributed by atoms with Crippen LogP contribution in [0.2, 0.25) is 5.04 Å². The Labute approximate surface area is 211 Å². The van der Waals surface area contributed by atoms with Crippen molar-refractivity contribution in [3.63, 3.8) is 0 Å². The molecule has 1 aliphatic carbocycles. The monoisotopic (exact) mass is 478 g/mol. The van der Waals surface area contributed by atoms with E-state index in [1.165, 1.54) is 16.7 Å². The Bertz CT molecular complexity index is 925. The predicted octanol–water partition coefficient (Wildman–Crippen LogP) is 9.24. The van der Waals surface area contributed by atoms with Crippen LogP contribution in [0, 0.1) is 5.41 Å². The molecular formula is C31H46O2Si. The van der Waals surface area contributed by atoms with Crippen LogP contribution in [0.5, 0.6) is 5.75 Å². The molecule has 0 N–H and O–H groups in total. The molecule has 1 atom stereocenters. The lowest BCUT2D eigenvalue weighted by molar-refractivity contribution is 0.0771. The van der Waals surface area contributed by atoms with Gasteiger partial charge in [-0.15, -0.1) is 0 Å². The number of allylic oxidation sites excluding steroid dienone is 6. The molecule has 0 aliphatic heterocycles. The largest absolute Gasteiger partial charge is 0.540 e. The maximum Gasteiger partial charge on any atom is 0.316 e. The van der Waals surface area contributed by atoms with E-state index in [-0.39, 0.29) is 10.5 Å². The molecule has 0 saturated carbocycles. The van der Waals surface area contributed by atoms with Crippen molar-refractivity contribution < 1.29 is 9.22 Å². The second kappa shape index (κ2) is 12.7. The summed E-state index contributed by atoms with van der Waals surface area (Å²) in [7, 11) is 0.411. The molecule has 0 aromatic heterocycles. The van der Waals surface area contributed by atoms with E-state index in [1.54, 1.807) is 0 Å². The van der Waals surface area contributed by atoms with Gasteiger partial charge in [-0.25, -0.2) is 0 Å². The number of hydrogen-bond donors (Lipinski definition) is 0. The van der Waals surface area contributed by atoms with Gasteiger partial charge in [0.1, 0.15) is 5.75 Å². The molecule has 1 unspecified atom stereocenters. The van der Waals surface area contributed by atoms with Gasteiger partial charge in [0.25, 0.3) is 0 Å². The molecule has 0 heterocycles. The van der Waals surface area contributed by atoms with Crippen LogP contribution in [0.1, 0.15) is 116 Å². The zero-order chi connectivity index (χ0) is 25.4. The Hall–Kier alpha value is -1.87. The van der Waals surface area contributed by atoms with Crippen molar-refractivity contribution in [3.8, 4) is 5.75 Å². The summed E-state index contributed by atoms with van der Waals surface area (Å²) >= 11 is 0. The number of hydrogen-bond acceptors (Lipinski definition) is 2. The molecule has 1 aromatic carbocycles. The lowest BCUT2D eigenvalue weighted by atomic mass is 9.69. The third-order valence-corrected chi connectivity index (χ3v) is 7.55. The fraction of sp³-hybridized carbons (Fsp3) is 0.581. The first-order valence-corrected chi connectivity index (χ1v) is 13.9. The summed E-state index contributed by atoms with van der Waals surface area (Å²) in [6, 6.07) is 6.05. The van der Waals surface area contributed by atoms with Gasteiger partial charge in [-0.2, -0.15) is 0 Å². The molecule has 0 fully saturated rings. The molecule has 0 saturated heterocycles. The van der Waals surface area contributed by atoms with Crippen molar-refractivity contribution in [2.45, 2.75) is 112 Å². The van der Waals surface area contributed by atoms with E-state index < -0.39 is 0 Å². The minimum atomic E-state index is -0.263. The molecule has 2 nitrogen and oxygen atoms in total. The highest BCUT2D eigenvalue weighted by atomic mass is 28.2. The number of carbonyl (C=O) groups excluding carboxylic acids is 1. The van der Waals surface area contributed by atoms with Crippen LogP contribution >= 0.6 is 0 Å². The number of benzene rings is 1. The first-order valence-electron chi connectivity index (χ1n) is 13.0. The molecular weight excluding hydrogens is 432 g/mol. The van der Waals surface area contributed by atoms with Crippen LogP contribution in [0.25, 0.3) is 0 Å². The molecule has 2 rings (SSSR count). The summed E-state index contributed by atoms with van der Waals surface area (Å²) < 4.78 is 5.99. The Balaban J connectivity index is 1.86. The van der Waals surface area contributed by atoms with E-state index in [9.17, 15) is 4.79 Å². The highest BCUT2D eigenvalue weighted by molar-refractivity contribution is 6.32. The van der Waals surface area contributed by atoms with Gasteiger partial charge < -0.3 is 4.43 Å². The summed E-state index contributed by atoms with van der Waals surface area (Å²) in [5, 5.41) is 0.149. The van der Waals surface area contributed by atoms with Crippen LogP contribution in [0.4, 0.5) is 0 Å². The molecule has 2 radical (unpaired) electrons. The number of ketones is 1. The molecule has 1 aliphatic rings. The van der Waals surface area contributed by atoms with E-state index in [0.29, 0.717) is 15.5 Å². The van der Waals surface area contributed by atoms with E-state index in [2.05, 4.69) is 79.7 Å². The van der Waals surface area contributed by atoms with Gasteiger partial charge in [0.2, 0.25) is 0 Å². The SMILES string of the molecule is CC(C)=CCC/C(C)=C/CC/C(C)=C/CCC1(C)CCc2cc(O[Si]C(C)(C)C)ccc2C1=O. The van der Waals surface area contributed by atoms with Gasteiger partial charge in [0.05, 0.1) is 0 Å². The molecule has 186 valence electrons. The number of Topliss-reactive ketones (excluding diaryl/α,β-unsaturated/α-hetero) is 1. The van der Waals surface area contributed by atoms with E-state index in [0.717, 1.165) is 68.2 Å². The zero-order valence-electron chi connectivity index (χ0n) is 22.9. The summed E-state index contributed by atoms with van der Waals surface area (Å²) in [5.41, 5.74) is 6.10. The van der Waals surface area contributed by atoms with Gasteiger partial charge in [0, 0.05) is 11.0 Å². The smallest absolute Gasteiger partial charge is 0.316 e. The van der Waals surface area contributed by atoms with Crippen LogP contribution in [-0.4, -0.2) is 15.5 Å². The van der Waals surface area contributed by atoms with Gasteiger partial charge in [-0.3, -0.25) is 4.79 Å². The maximum absolute atomic E-state index is 13.3. The van der Waals surface area contributed by atoms with Crippen molar-refractivity contribution in [1.82, 2.24) is 0 Å². The molecule has 0 amide bonds. The summed E-state index contributed by atoms with van der Waals surface area (Å²) in [4.78, 5) is 13.3. The van der Waals surface area contributed by atoms with Gasteiger partial charge in [0.15, 0.2) is 5.78 Å². The van der Waals surface area contributed by atoms with Crippen molar-refractivity contribution in [1.29, 1.82) is 0 Å². The average Bonchev–Trinajstić information content (AvgIpc) is 2.74. The third kappa shape index (κ3) is 9.41. The van der Waals surface area contributed by atoms with Crippen LogP contribution in [-0.2, 0) is 6.42 Å². The fourth-order valence-corrected chi connectivity index (χ4v) is 4.89. The third-order valence-electron chi connectivity index (χ3n) is 6.60. The second-order valence-corrected chi connectivity index (χ2v) is 13.6. The first kappa shape index (κ1) is 28.4. The maximum atomic E-state index is 13.3. The summed E-state index contributed by atoms with van der Waals surface area (Å²) in [5.74, 6) is 1.20. The van der Waals surface area contributed by atoms with Gasteiger partial charge in [-0.1, -0.05) is 62.6 Å². The Morgan fingerprint density at radius 1 is 1.00 bits per heavy atom. The lowest BCUT2D eigenvalue weighted by Gasteiger charge is -2.33. The minimum Gasteiger partial charge on any atom is -0.540 e. The standard InChI is InChI=1S/C31H46O2Si/c1-23(2)12-9-13-24(3)14-10-15-25(4)16-11-20-31(8)21-19-26-22-27(33-34-30(5,6)7)17-18-28(26)29(31)32/h12,14,16-18,22H,9-11,13,15,19-21H2,1-8H3/b24-14+,25-16+. The molecule has 0 bridgehead atoms. The molecule has 0 spiro atoms. The predicted molar refractivity (Wildman–Crippen MR) is 148 cm³/mol. The van der Waals surface area contributed by atoms with E-state index in [1.807, 2.05) is 12.1 Å². The lowest BCUT2D eigenvalue weighted by Crippen LogP contribution is -2.33. The van der Waals surface area contributed by atoms with Gasteiger partial charge in [-0.05, 0) is 108 Å². The first-order chi connectivity index (χ1) is 15.9. The topological polar surface area (TPSA) is 26.3 Å². The fourth-order valence-electron chi connectivity index (χ4n) is 4.34. The number of aryl methyl sites for hydroxylation is 1. The number of fused-ring (bicyclic) bond motifs is 1. The van der Waals surface area contributed by atoms with Crippen LogP contribution < -0.4 is 4.43 Å². The van der Waals surface area contributed by atoms with Crippen molar-refractivity contribution in [2.75, 3.05) is 0 Å². The average molecular weight is 479 g/mol. The van der Waals surface area contributed by atoms with Crippen molar-refractivity contribution in [3.05, 3.63) is 64.3 Å². The molecule has 34 heavy (non-hydrogen) atoms. The van der Waals surface area contributed by atoms with Crippen molar-refractivity contribution in [2.24, 2.45) is 5.41 Å². The number of carbonyl (C=O) groups is 1. The molecule has 3 heteroatoms. The van der Waals surface area contributed by atoms with Crippen molar-refractivity contribution >= 4 is 15.5 Å². The van der Waals surface area contributed by atoms with Gasteiger partial charge >= 0.3 is 9.76 Å². The highest BCUT2D eigenvalue weighted by Gasteiger charge is 2.37. The van der Waals surface area contributed by atoms with Crippen LogP contribution in [0.3, 0.4) is 0 Å². The van der Waals surface area contributed by atoms with Crippen LogP contribution in [0.15, 0.2) is 53.1 Å². The second-order valence-electron chi connectivity index (χ2n) is 11.7. The van der Waals surface area contributed by atoms with E-state index in [4.69, 9.17) is 4.43 Å². The molecule has 1 aromatic rings. The zero-order valence-corrected chi connectivity index (χ0v) is 23.9.